The molecule has 2 nitrogen and oxygen atoms in total. The summed E-state index contributed by atoms with van der Waals surface area (Å²) < 4.78 is 2.05. The first kappa shape index (κ1) is 5.41. The molecular formula is C4H9NOS. The van der Waals surface area contributed by atoms with E-state index >= 15 is 0 Å². The van der Waals surface area contributed by atoms with Gasteiger partial charge in [-0.25, -0.2) is 0 Å². The van der Waals surface area contributed by atoms with E-state index in [-0.39, 0.29) is 6.10 Å². The van der Waals surface area contributed by atoms with Crippen LogP contribution < -0.4 is 0 Å². The Labute approximate surface area is 47.6 Å². The molecule has 42 valence electrons. The second-order valence-electron chi connectivity index (χ2n) is 1.76. The lowest BCUT2D eigenvalue weighted by atomic mass is 10.4. The summed E-state index contributed by atoms with van der Waals surface area (Å²) in [6.07, 6.45) is -0.0880. The quantitative estimate of drug-likeness (QED) is 0.452. The van der Waals surface area contributed by atoms with Crippen LogP contribution in [0.5, 0.6) is 0 Å². The summed E-state index contributed by atoms with van der Waals surface area (Å²) in [5.74, 6) is 0.872. The van der Waals surface area contributed by atoms with E-state index in [0.29, 0.717) is 0 Å². The highest BCUT2D eigenvalue weighted by atomic mass is 32.2. The summed E-state index contributed by atoms with van der Waals surface area (Å²) in [6.45, 7) is 0.824. The van der Waals surface area contributed by atoms with Crippen molar-refractivity contribution in [3.8, 4) is 0 Å². The SMILES string of the molecule is CN1CC(O)CS1. The third kappa shape index (κ3) is 1.33. The average Bonchev–Trinajstić information content (AvgIpc) is 1.87. The van der Waals surface area contributed by atoms with Crippen molar-refractivity contribution < 1.29 is 5.11 Å². The van der Waals surface area contributed by atoms with Gasteiger partial charge in [-0.1, -0.05) is 11.9 Å². The van der Waals surface area contributed by atoms with Crippen molar-refractivity contribution >= 4 is 11.9 Å². The van der Waals surface area contributed by atoms with Crippen molar-refractivity contribution in [2.75, 3.05) is 19.3 Å². The highest BCUT2D eigenvalue weighted by Gasteiger charge is 2.16. The van der Waals surface area contributed by atoms with Crippen LogP contribution in [0.3, 0.4) is 0 Å². The Hall–Kier alpha value is 0.270. The van der Waals surface area contributed by atoms with Crippen molar-refractivity contribution in [2.24, 2.45) is 0 Å². The lowest BCUT2D eigenvalue weighted by Gasteiger charge is -2.00. The van der Waals surface area contributed by atoms with E-state index in [0.717, 1.165) is 12.3 Å². The molecule has 1 aliphatic rings. The Balaban J connectivity index is 2.26. The minimum Gasteiger partial charge on any atom is -0.391 e. The number of likely N-dealkylation sites (N-methyl/N-ethyl adjacent to an activating group) is 1. The molecule has 1 atom stereocenters. The molecule has 0 aromatic carbocycles. The fraction of sp³-hybridized carbons (Fsp3) is 1.00. The van der Waals surface area contributed by atoms with E-state index < -0.39 is 0 Å². The number of rotatable bonds is 0. The molecule has 0 amide bonds. The lowest BCUT2D eigenvalue weighted by molar-refractivity contribution is 0.192. The normalized spacial score (nSPS) is 34.3. The Morgan fingerprint density at radius 2 is 2.57 bits per heavy atom. The van der Waals surface area contributed by atoms with Crippen LogP contribution in [0.25, 0.3) is 0 Å². The van der Waals surface area contributed by atoms with Crippen molar-refractivity contribution in [2.45, 2.75) is 6.10 Å². The molecule has 0 bridgehead atoms. The predicted octanol–water partition coefficient (Wildman–Crippen LogP) is -0.0591. The van der Waals surface area contributed by atoms with Gasteiger partial charge in [-0.3, -0.25) is 4.31 Å². The lowest BCUT2D eigenvalue weighted by Crippen LogP contribution is -2.14. The Morgan fingerprint density at radius 1 is 1.86 bits per heavy atom. The maximum atomic E-state index is 8.84. The Kier molecular flexibility index (Phi) is 1.57. The maximum absolute atomic E-state index is 8.84. The van der Waals surface area contributed by atoms with Crippen molar-refractivity contribution in [3.05, 3.63) is 0 Å². The van der Waals surface area contributed by atoms with Gasteiger partial charge in [-0.2, -0.15) is 0 Å². The van der Waals surface area contributed by atoms with Gasteiger partial charge in [0.05, 0.1) is 6.10 Å². The standard InChI is InChI=1S/C4H9NOS/c1-5-2-4(6)3-7-5/h4,6H,2-3H2,1H3. The highest BCUT2D eigenvalue weighted by Crippen LogP contribution is 2.16. The molecule has 0 aromatic heterocycles. The molecular weight excluding hydrogens is 110 g/mol. The van der Waals surface area contributed by atoms with Crippen LogP contribution in [0, 0.1) is 0 Å². The van der Waals surface area contributed by atoms with E-state index in [9.17, 15) is 0 Å². The van der Waals surface area contributed by atoms with E-state index in [1.165, 1.54) is 0 Å². The molecule has 1 fully saturated rings. The van der Waals surface area contributed by atoms with Gasteiger partial charge in [0.15, 0.2) is 0 Å². The molecule has 0 saturated carbocycles. The number of hydrogen-bond donors (Lipinski definition) is 1. The summed E-state index contributed by atoms with van der Waals surface area (Å²) in [4.78, 5) is 0. The zero-order valence-electron chi connectivity index (χ0n) is 4.29. The summed E-state index contributed by atoms with van der Waals surface area (Å²) in [5, 5.41) is 8.84. The average molecular weight is 119 g/mol. The van der Waals surface area contributed by atoms with Gasteiger partial charge in [-0.05, 0) is 7.05 Å². The molecule has 0 spiro atoms. The van der Waals surface area contributed by atoms with Gasteiger partial charge >= 0.3 is 0 Å². The Bertz CT molecular complexity index is 60.7. The maximum Gasteiger partial charge on any atom is 0.0779 e. The van der Waals surface area contributed by atoms with Crippen molar-refractivity contribution in [3.63, 3.8) is 0 Å². The molecule has 0 radical (unpaired) electrons. The first-order valence-corrected chi connectivity index (χ1v) is 3.25. The molecule has 1 N–H and O–H groups in total. The van der Waals surface area contributed by atoms with Gasteiger partial charge < -0.3 is 5.11 Å². The van der Waals surface area contributed by atoms with Gasteiger partial charge in [0.1, 0.15) is 0 Å². The molecule has 1 aliphatic heterocycles. The molecule has 1 unspecified atom stereocenters. The van der Waals surface area contributed by atoms with Gasteiger partial charge in [0.25, 0.3) is 0 Å². The van der Waals surface area contributed by atoms with Crippen LogP contribution in [0.15, 0.2) is 0 Å². The fourth-order valence-corrected chi connectivity index (χ4v) is 1.42. The largest absolute Gasteiger partial charge is 0.391 e. The fourth-order valence-electron chi connectivity index (χ4n) is 0.615. The number of aliphatic hydroxyl groups excluding tert-OH is 1. The molecule has 1 heterocycles. The van der Waals surface area contributed by atoms with Crippen molar-refractivity contribution in [1.29, 1.82) is 0 Å². The van der Waals surface area contributed by atoms with Gasteiger partial charge in [0.2, 0.25) is 0 Å². The van der Waals surface area contributed by atoms with Crippen LogP contribution in [-0.2, 0) is 0 Å². The smallest absolute Gasteiger partial charge is 0.0779 e. The molecule has 1 rings (SSSR count). The van der Waals surface area contributed by atoms with Crippen LogP contribution in [0.2, 0.25) is 0 Å². The number of hydrogen-bond acceptors (Lipinski definition) is 3. The van der Waals surface area contributed by atoms with Gasteiger partial charge in [-0.15, -0.1) is 0 Å². The minimum atomic E-state index is -0.0880. The number of β-amino-alcohol motifs (C(OH)–C–C–N with tert-alkyl or cyclic N) is 1. The predicted molar refractivity (Wildman–Crippen MR) is 31.1 cm³/mol. The monoisotopic (exact) mass is 119 g/mol. The van der Waals surface area contributed by atoms with E-state index in [2.05, 4.69) is 0 Å². The molecule has 7 heavy (non-hydrogen) atoms. The molecule has 0 aromatic rings. The zero-order chi connectivity index (χ0) is 5.28. The molecule has 1 saturated heterocycles. The topological polar surface area (TPSA) is 23.5 Å². The first-order valence-electron chi connectivity index (χ1n) is 2.31. The highest BCUT2D eigenvalue weighted by molar-refractivity contribution is 7.97. The summed E-state index contributed by atoms with van der Waals surface area (Å²) in [5.41, 5.74) is 0. The summed E-state index contributed by atoms with van der Waals surface area (Å²) in [6, 6.07) is 0. The van der Waals surface area contributed by atoms with E-state index in [4.69, 9.17) is 5.11 Å². The van der Waals surface area contributed by atoms with E-state index in [1.807, 2.05) is 11.4 Å². The summed E-state index contributed by atoms with van der Waals surface area (Å²) in [7, 11) is 1.99. The second kappa shape index (κ2) is 2.03. The zero-order valence-corrected chi connectivity index (χ0v) is 5.11. The first-order chi connectivity index (χ1) is 3.29. The van der Waals surface area contributed by atoms with Gasteiger partial charge in [0, 0.05) is 12.3 Å². The van der Waals surface area contributed by atoms with Crippen LogP contribution >= 0.6 is 11.9 Å². The van der Waals surface area contributed by atoms with E-state index in [1.54, 1.807) is 11.9 Å². The third-order valence-corrected chi connectivity index (χ3v) is 2.08. The molecule has 0 aliphatic carbocycles. The van der Waals surface area contributed by atoms with Crippen LogP contribution in [0.4, 0.5) is 0 Å². The van der Waals surface area contributed by atoms with Crippen LogP contribution in [-0.4, -0.2) is 34.9 Å². The van der Waals surface area contributed by atoms with Crippen LogP contribution in [0.1, 0.15) is 0 Å². The third-order valence-electron chi connectivity index (χ3n) is 0.955. The molecule has 3 heteroatoms. The summed E-state index contributed by atoms with van der Waals surface area (Å²) >= 11 is 1.69. The number of nitrogens with zero attached hydrogens (tertiary/aromatic N) is 1. The number of aliphatic hydroxyl groups is 1. The second-order valence-corrected chi connectivity index (χ2v) is 2.97. The van der Waals surface area contributed by atoms with Crippen molar-refractivity contribution in [1.82, 2.24) is 4.31 Å². The minimum absolute atomic E-state index is 0.0880. The Morgan fingerprint density at radius 3 is 2.71 bits per heavy atom.